The Morgan fingerprint density at radius 1 is 1.12 bits per heavy atom. The molecule has 33 heavy (non-hydrogen) atoms. The molecule has 0 fully saturated rings. The Bertz CT molecular complexity index is 695. The maximum atomic E-state index is 13.2. The van der Waals surface area contributed by atoms with Crippen LogP contribution in [-0.4, -0.2) is 62.6 Å². The monoisotopic (exact) mass is 519 g/mol. The highest BCUT2D eigenvalue weighted by Gasteiger charge is 2.56. The van der Waals surface area contributed by atoms with Gasteiger partial charge in [-0.3, -0.25) is 9.59 Å². The first-order valence-corrected chi connectivity index (χ1v) is 16.2. The number of thiocarbonyl (C=S) groups is 1. The quantitative estimate of drug-likeness (QED) is 0.0798. The minimum atomic E-state index is -1.77. The number of isocyanates is 1. The normalized spacial score (nSPS) is 14.0. The van der Waals surface area contributed by atoms with Gasteiger partial charge in [0.2, 0.25) is 10.5 Å². The number of unbranched alkanes of at least 4 members (excludes halogenated alkanes) is 1. The Morgan fingerprint density at radius 3 is 2.06 bits per heavy atom. The molecular formula is C23H41NO6S2Si. The van der Waals surface area contributed by atoms with Gasteiger partial charge in [-0.05, 0) is 36.5 Å². The highest BCUT2D eigenvalue weighted by molar-refractivity contribution is 8.23. The highest BCUT2D eigenvalue weighted by Crippen LogP contribution is 2.42. The van der Waals surface area contributed by atoms with Gasteiger partial charge in [-0.25, -0.2) is 9.79 Å². The number of carbonyl (C=O) groups excluding carboxylic acids is 3. The van der Waals surface area contributed by atoms with E-state index in [9.17, 15) is 14.4 Å². The minimum Gasteiger partial charge on any atom is -0.478 e. The van der Waals surface area contributed by atoms with E-state index in [1.807, 2.05) is 6.92 Å². The van der Waals surface area contributed by atoms with Crippen LogP contribution in [0.4, 0.5) is 0 Å². The third-order valence-corrected chi connectivity index (χ3v) is 8.38. The zero-order valence-electron chi connectivity index (χ0n) is 21.6. The van der Waals surface area contributed by atoms with Crippen LogP contribution in [0.1, 0.15) is 53.4 Å². The first kappa shape index (κ1) is 31.8. The minimum absolute atomic E-state index is 0.0649. The fourth-order valence-corrected chi connectivity index (χ4v) is 8.10. The van der Waals surface area contributed by atoms with Gasteiger partial charge in [0.1, 0.15) is 0 Å². The molecule has 2 unspecified atom stereocenters. The average molecular weight is 520 g/mol. The summed E-state index contributed by atoms with van der Waals surface area (Å²) in [6.45, 7) is 15.2. The van der Waals surface area contributed by atoms with Gasteiger partial charge >= 0.3 is 11.9 Å². The van der Waals surface area contributed by atoms with E-state index in [-0.39, 0.29) is 17.1 Å². The van der Waals surface area contributed by atoms with E-state index in [1.165, 1.54) is 26.0 Å². The molecule has 0 aromatic rings. The van der Waals surface area contributed by atoms with Crippen LogP contribution in [-0.2, 0) is 28.6 Å². The Balaban J connectivity index is 6.37. The summed E-state index contributed by atoms with van der Waals surface area (Å²) in [6, 6.07) is -0.179. The third kappa shape index (κ3) is 11.2. The predicted molar refractivity (Wildman–Crippen MR) is 140 cm³/mol. The average Bonchev–Trinajstić information content (AvgIpc) is 2.70. The second-order valence-electron chi connectivity index (χ2n) is 10.6. The fourth-order valence-electron chi connectivity index (χ4n) is 3.55. The summed E-state index contributed by atoms with van der Waals surface area (Å²) in [5, 5.41) is -0.228. The molecule has 2 atom stereocenters. The molecule has 190 valence electrons. The molecule has 7 nitrogen and oxygen atoms in total. The number of nitrogens with zero attached hydrogens (tertiary/aromatic N) is 1. The summed E-state index contributed by atoms with van der Waals surface area (Å²) in [4.78, 5) is 41.5. The largest absolute Gasteiger partial charge is 0.478 e. The number of ether oxygens (including phenoxy) is 3. The maximum absolute atomic E-state index is 13.2. The van der Waals surface area contributed by atoms with Crippen molar-refractivity contribution in [3.05, 3.63) is 0 Å². The Kier molecular flexibility index (Phi) is 13.7. The first-order chi connectivity index (χ1) is 15.2. The van der Waals surface area contributed by atoms with Crippen LogP contribution >= 0.6 is 24.0 Å². The lowest BCUT2D eigenvalue weighted by atomic mass is 9.74. The molecule has 0 heterocycles. The van der Waals surface area contributed by atoms with Crippen LogP contribution in [0.15, 0.2) is 4.99 Å². The standard InChI is InChI=1S/C23H41NO6S2Si/c1-10-11-12-18(24-16-25)23(19(26)28-5,20(27)29-6)13-17(14-33(7,8)9)32-21(31)30-15-22(2,3)4/h17-18H,10-15H2,1-9H3. The maximum Gasteiger partial charge on any atom is 0.325 e. The SMILES string of the molecule is CCCCC(N=C=O)C(CC(C[Si](C)(C)C)SC(=S)OCC(C)(C)C)(C(=O)OC)C(=O)OC. The van der Waals surface area contributed by atoms with E-state index in [0.29, 0.717) is 23.8 Å². The Morgan fingerprint density at radius 2 is 1.67 bits per heavy atom. The molecule has 0 saturated carbocycles. The van der Waals surface area contributed by atoms with E-state index in [1.54, 1.807) is 6.08 Å². The lowest BCUT2D eigenvalue weighted by Gasteiger charge is -2.36. The van der Waals surface area contributed by atoms with Gasteiger partial charge in [-0.2, -0.15) is 0 Å². The molecule has 0 spiro atoms. The third-order valence-electron chi connectivity index (χ3n) is 4.98. The van der Waals surface area contributed by atoms with Crippen LogP contribution in [0.3, 0.4) is 0 Å². The molecule has 0 aromatic carbocycles. The summed E-state index contributed by atoms with van der Waals surface area (Å²) in [7, 11) is 0.780. The molecule has 0 N–H and O–H groups in total. The molecule has 0 rings (SSSR count). The topological polar surface area (TPSA) is 91.3 Å². The molecule has 0 aliphatic carbocycles. The number of rotatable bonds is 13. The number of hydrogen-bond acceptors (Lipinski definition) is 9. The molecule has 0 amide bonds. The number of esters is 2. The molecule has 0 aromatic heterocycles. The van der Waals surface area contributed by atoms with Crippen molar-refractivity contribution in [3.8, 4) is 0 Å². The van der Waals surface area contributed by atoms with Crippen molar-refractivity contribution in [1.82, 2.24) is 0 Å². The van der Waals surface area contributed by atoms with Gasteiger partial charge in [0.05, 0.1) is 26.9 Å². The summed E-state index contributed by atoms with van der Waals surface area (Å²) >= 11 is 6.83. The van der Waals surface area contributed by atoms with Crippen LogP contribution < -0.4 is 0 Å². The van der Waals surface area contributed by atoms with E-state index in [2.05, 4.69) is 45.4 Å². The van der Waals surface area contributed by atoms with E-state index in [4.69, 9.17) is 26.4 Å². The molecule has 0 bridgehead atoms. The van der Waals surface area contributed by atoms with Crippen molar-refractivity contribution in [1.29, 1.82) is 0 Å². The molecule has 0 aliphatic rings. The van der Waals surface area contributed by atoms with Gasteiger partial charge in [-0.1, -0.05) is 71.9 Å². The first-order valence-electron chi connectivity index (χ1n) is 11.2. The number of thioether (sulfide) groups is 1. The number of carbonyl (C=O) groups is 2. The van der Waals surface area contributed by atoms with Crippen molar-refractivity contribution >= 4 is 54.5 Å². The predicted octanol–water partition coefficient (Wildman–Crippen LogP) is 5.39. The Labute approximate surface area is 209 Å². The van der Waals surface area contributed by atoms with Crippen LogP contribution in [0.25, 0.3) is 0 Å². The van der Waals surface area contributed by atoms with Crippen molar-refractivity contribution in [3.63, 3.8) is 0 Å². The smallest absolute Gasteiger partial charge is 0.325 e. The number of aliphatic imine (C=N–C) groups is 1. The number of hydrogen-bond donors (Lipinski definition) is 0. The summed E-state index contributed by atoms with van der Waals surface area (Å²) in [5.74, 6) is -1.53. The van der Waals surface area contributed by atoms with E-state index >= 15 is 0 Å². The zero-order valence-corrected chi connectivity index (χ0v) is 24.2. The molecule has 0 saturated heterocycles. The molecular weight excluding hydrogens is 478 g/mol. The van der Waals surface area contributed by atoms with Crippen LogP contribution in [0.5, 0.6) is 0 Å². The van der Waals surface area contributed by atoms with Crippen LogP contribution in [0.2, 0.25) is 25.7 Å². The van der Waals surface area contributed by atoms with Crippen molar-refractivity contribution in [2.75, 3.05) is 20.8 Å². The lowest BCUT2D eigenvalue weighted by molar-refractivity contribution is -0.171. The van der Waals surface area contributed by atoms with Crippen molar-refractivity contribution < 1.29 is 28.6 Å². The summed E-state index contributed by atoms with van der Waals surface area (Å²) < 4.78 is 16.3. The lowest BCUT2D eigenvalue weighted by Crippen LogP contribution is -2.52. The zero-order chi connectivity index (χ0) is 25.9. The van der Waals surface area contributed by atoms with Gasteiger partial charge in [0.15, 0.2) is 5.41 Å². The second-order valence-corrected chi connectivity index (χ2v) is 18.1. The Hall–Kier alpha value is -1.22. The van der Waals surface area contributed by atoms with E-state index in [0.717, 1.165) is 12.5 Å². The second kappa shape index (κ2) is 14.2. The van der Waals surface area contributed by atoms with Crippen LogP contribution in [0, 0.1) is 10.8 Å². The summed E-state index contributed by atoms with van der Waals surface area (Å²) in [5.41, 5.74) is -1.84. The van der Waals surface area contributed by atoms with Gasteiger partial charge < -0.3 is 14.2 Å². The van der Waals surface area contributed by atoms with E-state index < -0.39 is 31.5 Å². The molecule has 10 heteroatoms. The van der Waals surface area contributed by atoms with Gasteiger partial charge in [0, 0.05) is 13.3 Å². The van der Waals surface area contributed by atoms with Crippen molar-refractivity contribution in [2.45, 2.75) is 90.4 Å². The molecule has 0 radical (unpaired) electrons. The number of methoxy groups -OCH3 is 2. The summed E-state index contributed by atoms with van der Waals surface area (Å²) in [6.07, 6.45) is 3.45. The molecule has 0 aliphatic heterocycles. The van der Waals surface area contributed by atoms with Gasteiger partial charge in [-0.15, -0.1) is 0 Å². The van der Waals surface area contributed by atoms with Crippen molar-refractivity contribution in [2.24, 2.45) is 15.8 Å². The highest BCUT2D eigenvalue weighted by atomic mass is 32.2. The fraction of sp³-hybridized carbons (Fsp3) is 0.826. The van der Waals surface area contributed by atoms with Gasteiger partial charge in [0.25, 0.3) is 0 Å².